The van der Waals surface area contributed by atoms with Crippen LogP contribution in [0.5, 0.6) is 5.75 Å². The average Bonchev–Trinajstić information content (AvgIpc) is 2.61. The van der Waals surface area contributed by atoms with Crippen LogP contribution in [0, 0.1) is 0 Å². The van der Waals surface area contributed by atoms with E-state index in [4.69, 9.17) is 4.74 Å². The second-order valence-electron chi connectivity index (χ2n) is 5.02. The van der Waals surface area contributed by atoms with Gasteiger partial charge in [0.05, 0.1) is 13.2 Å². The van der Waals surface area contributed by atoms with E-state index in [1.54, 1.807) is 31.3 Å². The average molecular weight is 327 g/mol. The van der Waals surface area contributed by atoms with Crippen molar-refractivity contribution < 1.29 is 14.3 Å². The van der Waals surface area contributed by atoms with Crippen molar-refractivity contribution in [1.82, 2.24) is 5.32 Å². The highest BCUT2D eigenvalue weighted by Gasteiger charge is 2.05. The van der Waals surface area contributed by atoms with Crippen LogP contribution >= 0.6 is 0 Å². The molecule has 3 N–H and O–H groups in total. The number of carbonyl (C=O) groups excluding carboxylic acids is 2. The highest BCUT2D eigenvalue weighted by atomic mass is 16.5. The van der Waals surface area contributed by atoms with E-state index in [9.17, 15) is 9.59 Å². The molecule has 0 bridgehead atoms. The Morgan fingerprint density at radius 2 is 1.58 bits per heavy atom. The van der Waals surface area contributed by atoms with Crippen molar-refractivity contribution in [3.05, 3.63) is 54.1 Å². The molecule has 126 valence electrons. The van der Waals surface area contributed by atoms with Crippen LogP contribution < -0.4 is 20.7 Å². The Morgan fingerprint density at radius 1 is 0.958 bits per heavy atom. The van der Waals surface area contributed by atoms with E-state index in [1.165, 1.54) is 0 Å². The van der Waals surface area contributed by atoms with Crippen LogP contribution in [-0.2, 0) is 4.79 Å². The predicted octanol–water partition coefficient (Wildman–Crippen LogP) is 2.50. The summed E-state index contributed by atoms with van der Waals surface area (Å²) in [6, 6.07) is 14.1. The van der Waals surface area contributed by atoms with Crippen molar-refractivity contribution >= 4 is 23.2 Å². The quantitative estimate of drug-likeness (QED) is 0.730. The normalized spacial score (nSPS) is 9.92. The molecule has 0 fully saturated rings. The molecule has 0 aromatic heterocycles. The molecule has 6 heteroatoms. The molecule has 2 rings (SSSR count). The van der Waals surface area contributed by atoms with Crippen LogP contribution in [0.3, 0.4) is 0 Å². The number of anilines is 2. The number of carbonyl (C=O) groups is 2. The fraction of sp³-hybridized carbons (Fsp3) is 0.222. The van der Waals surface area contributed by atoms with Gasteiger partial charge in [-0.05, 0) is 55.5 Å². The number of ether oxygens (including phenoxy) is 1. The number of benzene rings is 2. The highest BCUT2D eigenvalue weighted by Crippen LogP contribution is 2.15. The van der Waals surface area contributed by atoms with Gasteiger partial charge >= 0.3 is 0 Å². The van der Waals surface area contributed by atoms with E-state index in [0.717, 1.165) is 11.4 Å². The first kappa shape index (κ1) is 17.3. The SMILES string of the molecule is CCOc1ccc(NCC(=O)Nc2ccc(C(=O)NC)cc2)cc1. The second kappa shape index (κ2) is 8.57. The molecule has 2 amide bonds. The van der Waals surface area contributed by atoms with Crippen LogP contribution in [-0.4, -0.2) is 32.0 Å². The van der Waals surface area contributed by atoms with Gasteiger partial charge < -0.3 is 20.7 Å². The molecule has 0 aliphatic carbocycles. The maximum atomic E-state index is 12.0. The zero-order valence-corrected chi connectivity index (χ0v) is 13.8. The molecule has 2 aromatic rings. The lowest BCUT2D eigenvalue weighted by molar-refractivity contribution is -0.114. The number of amides is 2. The number of rotatable bonds is 7. The van der Waals surface area contributed by atoms with E-state index in [0.29, 0.717) is 17.9 Å². The molecule has 0 spiro atoms. The second-order valence-corrected chi connectivity index (χ2v) is 5.02. The Kier molecular flexibility index (Phi) is 6.19. The van der Waals surface area contributed by atoms with Crippen molar-refractivity contribution in [2.75, 3.05) is 30.8 Å². The van der Waals surface area contributed by atoms with Crippen LogP contribution in [0.25, 0.3) is 0 Å². The summed E-state index contributed by atoms with van der Waals surface area (Å²) in [6.45, 7) is 2.69. The molecule has 0 aliphatic rings. The van der Waals surface area contributed by atoms with Gasteiger partial charge in [0, 0.05) is 24.0 Å². The third-order valence-electron chi connectivity index (χ3n) is 3.28. The highest BCUT2D eigenvalue weighted by molar-refractivity contribution is 5.96. The largest absolute Gasteiger partial charge is 0.494 e. The summed E-state index contributed by atoms with van der Waals surface area (Å²) in [7, 11) is 1.57. The summed E-state index contributed by atoms with van der Waals surface area (Å²) in [5.41, 5.74) is 2.02. The number of hydrogen-bond donors (Lipinski definition) is 3. The van der Waals surface area contributed by atoms with Crippen LogP contribution in [0.4, 0.5) is 11.4 Å². The van der Waals surface area contributed by atoms with Gasteiger partial charge in [-0.25, -0.2) is 0 Å². The minimum absolute atomic E-state index is 0.144. The molecule has 0 heterocycles. The van der Waals surface area contributed by atoms with E-state index in [-0.39, 0.29) is 18.4 Å². The lowest BCUT2D eigenvalue weighted by Gasteiger charge is -2.09. The summed E-state index contributed by atoms with van der Waals surface area (Å²) >= 11 is 0. The van der Waals surface area contributed by atoms with Crippen LogP contribution in [0.15, 0.2) is 48.5 Å². The molecule has 0 aliphatic heterocycles. The first-order valence-corrected chi connectivity index (χ1v) is 7.71. The van der Waals surface area contributed by atoms with E-state index >= 15 is 0 Å². The number of nitrogens with one attached hydrogen (secondary N) is 3. The first-order chi connectivity index (χ1) is 11.6. The van der Waals surface area contributed by atoms with E-state index in [2.05, 4.69) is 16.0 Å². The fourth-order valence-electron chi connectivity index (χ4n) is 2.07. The third-order valence-corrected chi connectivity index (χ3v) is 3.28. The zero-order chi connectivity index (χ0) is 17.4. The molecule has 24 heavy (non-hydrogen) atoms. The summed E-state index contributed by atoms with van der Waals surface area (Å²) < 4.78 is 5.36. The van der Waals surface area contributed by atoms with Gasteiger partial charge in [0.15, 0.2) is 0 Å². The first-order valence-electron chi connectivity index (χ1n) is 7.71. The van der Waals surface area contributed by atoms with Crippen molar-refractivity contribution in [2.24, 2.45) is 0 Å². The van der Waals surface area contributed by atoms with Crippen molar-refractivity contribution in [3.8, 4) is 5.75 Å². The Morgan fingerprint density at radius 3 is 2.17 bits per heavy atom. The maximum absolute atomic E-state index is 12.0. The lowest BCUT2D eigenvalue weighted by atomic mass is 10.2. The molecule has 0 saturated heterocycles. The lowest BCUT2D eigenvalue weighted by Crippen LogP contribution is -2.22. The van der Waals surface area contributed by atoms with Gasteiger partial charge in [0.25, 0.3) is 5.91 Å². The standard InChI is InChI=1S/C18H21N3O3/c1-3-24-16-10-8-14(9-11-16)20-12-17(22)21-15-6-4-13(5-7-15)18(23)19-2/h4-11,20H,3,12H2,1-2H3,(H,19,23)(H,21,22). The number of hydrogen-bond acceptors (Lipinski definition) is 4. The Balaban J connectivity index is 1.83. The molecule has 0 atom stereocenters. The summed E-state index contributed by atoms with van der Waals surface area (Å²) in [6.07, 6.45) is 0. The Labute approximate surface area is 141 Å². The summed E-state index contributed by atoms with van der Waals surface area (Å²) in [5.74, 6) is 0.463. The molecular weight excluding hydrogens is 306 g/mol. The fourth-order valence-corrected chi connectivity index (χ4v) is 2.07. The Bertz CT molecular complexity index is 682. The van der Waals surface area contributed by atoms with E-state index in [1.807, 2.05) is 31.2 Å². The minimum atomic E-state index is -0.170. The molecule has 6 nitrogen and oxygen atoms in total. The van der Waals surface area contributed by atoms with Gasteiger partial charge in [-0.3, -0.25) is 9.59 Å². The molecule has 0 radical (unpaired) electrons. The predicted molar refractivity (Wildman–Crippen MR) is 94.6 cm³/mol. The Hall–Kier alpha value is -3.02. The zero-order valence-electron chi connectivity index (χ0n) is 13.8. The van der Waals surface area contributed by atoms with Crippen molar-refractivity contribution in [1.29, 1.82) is 0 Å². The van der Waals surface area contributed by atoms with Gasteiger partial charge in [-0.15, -0.1) is 0 Å². The van der Waals surface area contributed by atoms with Gasteiger partial charge in [-0.1, -0.05) is 0 Å². The maximum Gasteiger partial charge on any atom is 0.251 e. The van der Waals surface area contributed by atoms with Gasteiger partial charge in [0.2, 0.25) is 5.91 Å². The smallest absolute Gasteiger partial charge is 0.251 e. The van der Waals surface area contributed by atoms with Gasteiger partial charge in [-0.2, -0.15) is 0 Å². The molecule has 0 unspecified atom stereocenters. The minimum Gasteiger partial charge on any atom is -0.494 e. The van der Waals surface area contributed by atoms with Gasteiger partial charge in [0.1, 0.15) is 5.75 Å². The summed E-state index contributed by atoms with van der Waals surface area (Å²) in [4.78, 5) is 23.4. The van der Waals surface area contributed by atoms with Crippen LogP contribution in [0.2, 0.25) is 0 Å². The monoisotopic (exact) mass is 327 g/mol. The van der Waals surface area contributed by atoms with Crippen LogP contribution in [0.1, 0.15) is 17.3 Å². The van der Waals surface area contributed by atoms with Crippen molar-refractivity contribution in [2.45, 2.75) is 6.92 Å². The molecular formula is C18H21N3O3. The summed E-state index contributed by atoms with van der Waals surface area (Å²) in [5, 5.41) is 8.36. The molecule has 2 aromatic carbocycles. The topological polar surface area (TPSA) is 79.5 Å². The van der Waals surface area contributed by atoms with Crippen molar-refractivity contribution in [3.63, 3.8) is 0 Å². The third kappa shape index (κ3) is 5.01. The van der Waals surface area contributed by atoms with E-state index < -0.39 is 0 Å². The molecule has 0 saturated carbocycles.